The maximum Gasteiger partial charge on any atom is 0.326 e. The summed E-state index contributed by atoms with van der Waals surface area (Å²) in [7, 11) is -3.11. The molecule has 1 rings (SSSR count). The number of ether oxygens (including phenoxy) is 1. The summed E-state index contributed by atoms with van der Waals surface area (Å²) < 4.78 is 30.2. The predicted octanol–water partition coefficient (Wildman–Crippen LogP) is -1.23. The number of esters is 1. The maximum atomic E-state index is 12.0. The van der Waals surface area contributed by atoms with Crippen molar-refractivity contribution in [3.05, 3.63) is 24.0 Å². The molecule has 1 atom stereocenters. The van der Waals surface area contributed by atoms with Gasteiger partial charge in [0.1, 0.15) is 17.0 Å². The molecule has 0 saturated heterocycles. The van der Waals surface area contributed by atoms with Gasteiger partial charge in [-0.25, -0.2) is 13.4 Å². The summed E-state index contributed by atoms with van der Waals surface area (Å²) in [5.41, 5.74) is -0.309. The molecule has 0 aliphatic rings. The van der Waals surface area contributed by atoms with E-state index in [1.165, 1.54) is 18.3 Å². The second kappa shape index (κ2) is 6.24. The number of hydrogen-bond acceptors (Lipinski definition) is 7. The fourth-order valence-corrected chi connectivity index (χ4v) is 2.53. The Bertz CT molecular complexity index is 608. The van der Waals surface area contributed by atoms with E-state index in [0.29, 0.717) is 0 Å². The minimum Gasteiger partial charge on any atom is -0.468 e. The van der Waals surface area contributed by atoms with E-state index >= 15 is 0 Å². The Morgan fingerprint density at radius 1 is 1.68 bits per heavy atom. The maximum absolute atomic E-state index is 12.0. The second-order valence-electron chi connectivity index (χ2n) is 3.34. The lowest BCUT2D eigenvalue weighted by Crippen LogP contribution is -2.44. The van der Waals surface area contributed by atoms with Gasteiger partial charge < -0.3 is 9.84 Å². The lowest BCUT2D eigenvalue weighted by atomic mass is 10.3. The number of methoxy groups -OCH3 is 1. The number of aliphatic hydroxyl groups is 1. The molecule has 1 heterocycles. The number of carbonyl (C=O) groups is 1. The van der Waals surface area contributed by atoms with Crippen molar-refractivity contribution in [3.63, 3.8) is 0 Å². The third kappa shape index (κ3) is 3.47. The third-order valence-electron chi connectivity index (χ3n) is 2.13. The van der Waals surface area contributed by atoms with Gasteiger partial charge in [0.05, 0.1) is 13.7 Å². The van der Waals surface area contributed by atoms with Crippen LogP contribution in [0.4, 0.5) is 0 Å². The lowest BCUT2D eigenvalue weighted by molar-refractivity contribution is -0.143. The largest absolute Gasteiger partial charge is 0.468 e. The number of nitrogens with one attached hydrogen (secondary N) is 1. The summed E-state index contributed by atoms with van der Waals surface area (Å²) in [6.45, 7) is -0.770. The van der Waals surface area contributed by atoms with Crippen LogP contribution in [-0.4, -0.2) is 44.2 Å². The third-order valence-corrected chi connectivity index (χ3v) is 3.64. The monoisotopic (exact) mass is 285 g/mol. The number of aromatic nitrogens is 1. The molecule has 1 aromatic heterocycles. The van der Waals surface area contributed by atoms with E-state index in [2.05, 4.69) is 9.72 Å². The summed E-state index contributed by atoms with van der Waals surface area (Å²) >= 11 is 0. The van der Waals surface area contributed by atoms with Crippen LogP contribution in [-0.2, 0) is 19.6 Å². The summed E-state index contributed by atoms with van der Waals surface area (Å²) in [5, 5.41) is 17.7. The number of nitriles is 1. The fraction of sp³-hybridized carbons (Fsp3) is 0.300. The van der Waals surface area contributed by atoms with Gasteiger partial charge in [0.15, 0.2) is 5.69 Å². The zero-order valence-corrected chi connectivity index (χ0v) is 10.7. The van der Waals surface area contributed by atoms with Gasteiger partial charge in [-0.1, -0.05) is 0 Å². The Kier molecular flexibility index (Phi) is 4.94. The van der Waals surface area contributed by atoms with E-state index in [4.69, 9.17) is 10.4 Å². The van der Waals surface area contributed by atoms with Crippen LogP contribution < -0.4 is 4.72 Å². The van der Waals surface area contributed by atoms with E-state index < -0.39 is 28.6 Å². The van der Waals surface area contributed by atoms with E-state index in [0.717, 1.165) is 7.11 Å². The van der Waals surface area contributed by atoms with Crippen LogP contribution in [0, 0.1) is 11.3 Å². The molecular formula is C10H11N3O5S. The number of sulfonamides is 1. The first-order valence-corrected chi connectivity index (χ1v) is 6.50. The molecule has 0 spiro atoms. The SMILES string of the molecule is COC(=O)C(CO)NS(=O)(=O)c1cccnc1C#N. The van der Waals surface area contributed by atoms with Crippen LogP contribution >= 0.6 is 0 Å². The molecule has 0 radical (unpaired) electrons. The first-order chi connectivity index (χ1) is 8.96. The minimum absolute atomic E-state index is 0.309. The van der Waals surface area contributed by atoms with Crippen molar-refractivity contribution in [1.82, 2.24) is 9.71 Å². The van der Waals surface area contributed by atoms with Crippen LogP contribution in [0.2, 0.25) is 0 Å². The highest BCUT2D eigenvalue weighted by Gasteiger charge is 2.27. The standard InChI is InChI=1S/C10H11N3O5S/c1-18-10(15)8(6-14)13-19(16,17)9-3-2-4-12-7(9)5-11/h2-4,8,13-14H,6H2,1H3. The van der Waals surface area contributed by atoms with Crippen molar-refractivity contribution in [1.29, 1.82) is 5.26 Å². The Balaban J connectivity index is 3.12. The van der Waals surface area contributed by atoms with Gasteiger partial charge in [0.25, 0.3) is 0 Å². The zero-order valence-electron chi connectivity index (χ0n) is 9.90. The number of carbonyl (C=O) groups excluding carboxylic acids is 1. The summed E-state index contributed by atoms with van der Waals surface area (Å²) in [4.78, 5) is 14.4. The van der Waals surface area contributed by atoms with E-state index in [1.54, 1.807) is 6.07 Å². The van der Waals surface area contributed by atoms with Gasteiger partial charge in [-0.15, -0.1) is 0 Å². The average Bonchev–Trinajstić information content (AvgIpc) is 2.43. The molecule has 102 valence electrons. The van der Waals surface area contributed by atoms with Crippen LogP contribution in [0.15, 0.2) is 23.2 Å². The van der Waals surface area contributed by atoms with Gasteiger partial charge in [-0.3, -0.25) is 4.79 Å². The summed E-state index contributed by atoms with van der Waals surface area (Å²) in [5.74, 6) is -0.937. The average molecular weight is 285 g/mol. The molecule has 1 aromatic rings. The Hall–Kier alpha value is -2.02. The molecule has 0 aromatic carbocycles. The summed E-state index contributed by atoms with van der Waals surface area (Å²) in [6, 6.07) is 2.69. The van der Waals surface area contributed by atoms with Crippen molar-refractivity contribution in [2.24, 2.45) is 0 Å². The number of hydrogen-bond donors (Lipinski definition) is 2. The van der Waals surface area contributed by atoms with Gasteiger partial charge in [0.2, 0.25) is 10.0 Å². The first-order valence-electron chi connectivity index (χ1n) is 5.02. The molecule has 1 unspecified atom stereocenters. The number of nitrogens with zero attached hydrogens (tertiary/aromatic N) is 2. The van der Waals surface area contributed by atoms with Crippen molar-refractivity contribution in [2.45, 2.75) is 10.9 Å². The highest BCUT2D eigenvalue weighted by Crippen LogP contribution is 2.12. The normalized spacial score (nSPS) is 12.5. The molecule has 19 heavy (non-hydrogen) atoms. The molecule has 0 aliphatic carbocycles. The van der Waals surface area contributed by atoms with Crippen LogP contribution in [0.1, 0.15) is 5.69 Å². The molecule has 8 nitrogen and oxygen atoms in total. The smallest absolute Gasteiger partial charge is 0.326 e. The van der Waals surface area contributed by atoms with Crippen molar-refractivity contribution in [3.8, 4) is 6.07 Å². The predicted molar refractivity (Wildman–Crippen MR) is 62.2 cm³/mol. The summed E-state index contributed by atoms with van der Waals surface area (Å²) in [6.07, 6.45) is 1.27. The molecule has 0 fully saturated rings. The van der Waals surface area contributed by atoms with E-state index in [9.17, 15) is 13.2 Å². The Morgan fingerprint density at radius 2 is 2.37 bits per heavy atom. The molecule has 0 aliphatic heterocycles. The molecule has 9 heteroatoms. The number of aliphatic hydroxyl groups excluding tert-OH is 1. The Labute approximate surface area is 109 Å². The first kappa shape index (κ1) is 15.0. The van der Waals surface area contributed by atoms with Crippen LogP contribution in [0.5, 0.6) is 0 Å². The molecule has 0 amide bonds. The van der Waals surface area contributed by atoms with E-state index in [1.807, 2.05) is 4.72 Å². The molecule has 0 saturated carbocycles. The highest BCUT2D eigenvalue weighted by molar-refractivity contribution is 7.89. The van der Waals surface area contributed by atoms with Gasteiger partial charge >= 0.3 is 5.97 Å². The number of pyridine rings is 1. The fourth-order valence-electron chi connectivity index (χ4n) is 1.24. The molecular weight excluding hydrogens is 274 g/mol. The molecule has 2 N–H and O–H groups in total. The van der Waals surface area contributed by atoms with Crippen molar-refractivity contribution < 1.29 is 23.1 Å². The van der Waals surface area contributed by atoms with E-state index in [-0.39, 0.29) is 10.6 Å². The van der Waals surface area contributed by atoms with Gasteiger partial charge in [-0.2, -0.15) is 9.98 Å². The Morgan fingerprint density at radius 3 is 2.89 bits per heavy atom. The zero-order chi connectivity index (χ0) is 14.5. The minimum atomic E-state index is -4.17. The topological polar surface area (TPSA) is 129 Å². The van der Waals surface area contributed by atoms with Crippen LogP contribution in [0.3, 0.4) is 0 Å². The second-order valence-corrected chi connectivity index (χ2v) is 5.02. The lowest BCUT2D eigenvalue weighted by Gasteiger charge is -2.14. The van der Waals surface area contributed by atoms with Crippen molar-refractivity contribution >= 4 is 16.0 Å². The highest BCUT2D eigenvalue weighted by atomic mass is 32.2. The van der Waals surface area contributed by atoms with Gasteiger partial charge in [-0.05, 0) is 12.1 Å². The van der Waals surface area contributed by atoms with Crippen molar-refractivity contribution in [2.75, 3.05) is 13.7 Å². The number of rotatable bonds is 5. The molecule has 0 bridgehead atoms. The van der Waals surface area contributed by atoms with Gasteiger partial charge in [0, 0.05) is 6.20 Å². The quantitative estimate of drug-likeness (QED) is 0.647. The van der Waals surface area contributed by atoms with Crippen LogP contribution in [0.25, 0.3) is 0 Å².